The average Bonchev–Trinajstić information content (AvgIpc) is 2.82. The van der Waals surface area contributed by atoms with Crippen molar-refractivity contribution in [3.63, 3.8) is 0 Å². The minimum atomic E-state index is -0.565. The summed E-state index contributed by atoms with van der Waals surface area (Å²) in [4.78, 5) is 29.8. The van der Waals surface area contributed by atoms with E-state index in [1.807, 2.05) is 36.6 Å². The average molecular weight is 431 g/mol. The maximum Gasteiger partial charge on any atom is 0.342 e. The fraction of sp³-hybridized carbons (Fsp3) is 0.364. The van der Waals surface area contributed by atoms with Crippen molar-refractivity contribution in [2.24, 2.45) is 0 Å². The molecule has 0 spiro atoms. The molecule has 0 aromatic heterocycles. The minimum absolute atomic E-state index is 0.197. The number of ether oxygens (including phenoxy) is 3. The van der Waals surface area contributed by atoms with E-state index in [0.717, 1.165) is 29.4 Å². The Balaban J connectivity index is 1.50. The summed E-state index contributed by atoms with van der Waals surface area (Å²) in [7, 11) is 3.14. The lowest BCUT2D eigenvalue weighted by Gasteiger charge is -2.36. The first-order valence-electron chi connectivity index (χ1n) is 9.61. The number of rotatable bonds is 7. The molecule has 0 aliphatic carbocycles. The van der Waals surface area contributed by atoms with Gasteiger partial charge in [-0.3, -0.25) is 4.79 Å². The van der Waals surface area contributed by atoms with Crippen LogP contribution in [-0.4, -0.2) is 70.0 Å². The van der Waals surface area contributed by atoms with Crippen LogP contribution in [0.4, 0.5) is 5.69 Å². The summed E-state index contributed by atoms with van der Waals surface area (Å²) >= 11 is 1.55. The number of benzene rings is 2. The molecule has 30 heavy (non-hydrogen) atoms. The molecule has 1 fully saturated rings. The molecule has 1 saturated heterocycles. The molecule has 7 nitrogen and oxygen atoms in total. The van der Waals surface area contributed by atoms with Gasteiger partial charge >= 0.3 is 5.97 Å². The number of carbonyl (C=O) groups excluding carboxylic acids is 2. The Hall–Kier alpha value is -2.87. The summed E-state index contributed by atoms with van der Waals surface area (Å²) < 4.78 is 15.7. The second kappa shape index (κ2) is 10.2. The maximum atomic E-state index is 12.5. The predicted octanol–water partition coefficient (Wildman–Crippen LogP) is 2.93. The molecule has 160 valence electrons. The van der Waals surface area contributed by atoms with Gasteiger partial charge in [-0.2, -0.15) is 0 Å². The topological polar surface area (TPSA) is 68.3 Å². The number of nitrogens with zero attached hydrogens (tertiary/aromatic N) is 2. The number of hydrogen-bond acceptors (Lipinski definition) is 7. The number of amides is 1. The van der Waals surface area contributed by atoms with E-state index in [-0.39, 0.29) is 12.5 Å². The van der Waals surface area contributed by atoms with Crippen LogP contribution in [0.15, 0.2) is 47.4 Å². The Morgan fingerprint density at radius 3 is 2.27 bits per heavy atom. The van der Waals surface area contributed by atoms with Crippen LogP contribution in [0.3, 0.4) is 0 Å². The van der Waals surface area contributed by atoms with Crippen molar-refractivity contribution >= 4 is 29.3 Å². The first kappa shape index (κ1) is 21.8. The maximum absolute atomic E-state index is 12.5. The Morgan fingerprint density at radius 2 is 1.67 bits per heavy atom. The van der Waals surface area contributed by atoms with Gasteiger partial charge in [0.25, 0.3) is 5.91 Å². The summed E-state index contributed by atoms with van der Waals surface area (Å²) in [5.74, 6) is 0.489. The molecule has 1 amide bonds. The summed E-state index contributed by atoms with van der Waals surface area (Å²) in [6.45, 7) is 2.31. The number of anilines is 1. The summed E-state index contributed by atoms with van der Waals surface area (Å²) in [6.07, 6.45) is 1.94. The first-order valence-corrected chi connectivity index (χ1v) is 10.8. The molecule has 2 aromatic rings. The van der Waals surface area contributed by atoms with Gasteiger partial charge in [-0.1, -0.05) is 0 Å². The van der Waals surface area contributed by atoms with Crippen molar-refractivity contribution in [1.82, 2.24) is 4.90 Å². The number of piperazine rings is 1. The zero-order valence-corrected chi connectivity index (χ0v) is 18.2. The lowest BCUT2D eigenvalue weighted by atomic mass is 10.2. The van der Waals surface area contributed by atoms with E-state index in [1.54, 1.807) is 35.9 Å². The third-order valence-corrected chi connectivity index (χ3v) is 5.75. The molecule has 0 atom stereocenters. The highest BCUT2D eigenvalue weighted by Crippen LogP contribution is 2.26. The zero-order chi connectivity index (χ0) is 21.5. The largest absolute Gasteiger partial charge is 0.497 e. The summed E-state index contributed by atoms with van der Waals surface area (Å²) in [5.41, 5.74) is 1.41. The molecule has 0 unspecified atom stereocenters. The van der Waals surface area contributed by atoms with Crippen molar-refractivity contribution in [2.75, 3.05) is 58.2 Å². The lowest BCUT2D eigenvalue weighted by Crippen LogP contribution is -2.49. The van der Waals surface area contributed by atoms with Gasteiger partial charge in [0.2, 0.25) is 0 Å². The van der Waals surface area contributed by atoms with Crippen LogP contribution >= 0.6 is 11.8 Å². The van der Waals surface area contributed by atoms with Crippen molar-refractivity contribution < 1.29 is 23.8 Å². The van der Waals surface area contributed by atoms with E-state index in [0.29, 0.717) is 24.4 Å². The molecule has 0 saturated carbocycles. The van der Waals surface area contributed by atoms with Gasteiger partial charge in [0, 0.05) is 36.8 Å². The standard InChI is InChI=1S/C22H26N2O5S/c1-27-17-6-4-16(5-7-17)23-10-12-24(13-11-23)21(25)15-29-22(26)19-9-8-18(30-3)14-20(19)28-2/h4-9,14H,10-13,15H2,1-3H3. The Morgan fingerprint density at radius 1 is 0.967 bits per heavy atom. The zero-order valence-electron chi connectivity index (χ0n) is 17.4. The quantitative estimate of drug-likeness (QED) is 0.494. The SMILES string of the molecule is COc1ccc(N2CCN(C(=O)COC(=O)c3ccc(SC)cc3OC)CC2)cc1. The molecular weight excluding hydrogens is 404 g/mol. The molecule has 3 rings (SSSR count). The number of methoxy groups -OCH3 is 2. The Labute approximate surface area is 180 Å². The molecule has 1 aliphatic heterocycles. The van der Waals surface area contributed by atoms with Gasteiger partial charge in [-0.15, -0.1) is 11.8 Å². The normalized spacial score (nSPS) is 13.7. The summed E-state index contributed by atoms with van der Waals surface area (Å²) in [6, 6.07) is 13.1. The molecule has 2 aromatic carbocycles. The molecule has 0 N–H and O–H groups in total. The van der Waals surface area contributed by atoms with Crippen LogP contribution in [0, 0.1) is 0 Å². The highest BCUT2D eigenvalue weighted by Gasteiger charge is 2.23. The van der Waals surface area contributed by atoms with Gasteiger partial charge in [0.05, 0.1) is 14.2 Å². The number of hydrogen-bond donors (Lipinski definition) is 0. The minimum Gasteiger partial charge on any atom is -0.497 e. The Kier molecular flexibility index (Phi) is 7.46. The van der Waals surface area contributed by atoms with Crippen LogP contribution in [0.25, 0.3) is 0 Å². The van der Waals surface area contributed by atoms with Crippen LogP contribution in [-0.2, 0) is 9.53 Å². The van der Waals surface area contributed by atoms with Crippen molar-refractivity contribution in [3.05, 3.63) is 48.0 Å². The second-order valence-corrected chi connectivity index (χ2v) is 7.59. The van der Waals surface area contributed by atoms with Crippen molar-refractivity contribution in [1.29, 1.82) is 0 Å². The molecule has 1 heterocycles. The fourth-order valence-corrected chi connectivity index (χ4v) is 3.70. The number of esters is 1. The highest BCUT2D eigenvalue weighted by molar-refractivity contribution is 7.98. The van der Waals surface area contributed by atoms with Crippen molar-refractivity contribution in [2.45, 2.75) is 4.90 Å². The molecule has 8 heteroatoms. The molecule has 1 aliphatic rings. The van der Waals surface area contributed by atoms with Crippen LogP contribution in [0.2, 0.25) is 0 Å². The van der Waals surface area contributed by atoms with E-state index in [9.17, 15) is 9.59 Å². The predicted molar refractivity (Wildman–Crippen MR) is 117 cm³/mol. The third-order valence-electron chi connectivity index (χ3n) is 5.03. The van der Waals surface area contributed by atoms with E-state index in [4.69, 9.17) is 14.2 Å². The van der Waals surface area contributed by atoms with Gasteiger partial charge in [0.1, 0.15) is 17.1 Å². The van der Waals surface area contributed by atoms with Gasteiger partial charge in [-0.05, 0) is 48.7 Å². The number of thioether (sulfide) groups is 1. The molecular formula is C22H26N2O5S. The van der Waals surface area contributed by atoms with E-state index < -0.39 is 5.97 Å². The van der Waals surface area contributed by atoms with E-state index in [1.165, 1.54) is 7.11 Å². The number of carbonyl (C=O) groups is 2. The molecule has 0 bridgehead atoms. The monoisotopic (exact) mass is 430 g/mol. The van der Waals surface area contributed by atoms with E-state index >= 15 is 0 Å². The van der Waals surface area contributed by atoms with Crippen LogP contribution in [0.5, 0.6) is 11.5 Å². The smallest absolute Gasteiger partial charge is 0.342 e. The first-order chi connectivity index (χ1) is 14.5. The highest BCUT2D eigenvalue weighted by atomic mass is 32.2. The van der Waals surface area contributed by atoms with Crippen LogP contribution < -0.4 is 14.4 Å². The van der Waals surface area contributed by atoms with Gasteiger partial charge < -0.3 is 24.0 Å². The van der Waals surface area contributed by atoms with Gasteiger partial charge in [0.15, 0.2) is 6.61 Å². The fourth-order valence-electron chi connectivity index (χ4n) is 3.27. The summed E-state index contributed by atoms with van der Waals surface area (Å²) in [5, 5.41) is 0. The van der Waals surface area contributed by atoms with Crippen LogP contribution in [0.1, 0.15) is 10.4 Å². The van der Waals surface area contributed by atoms with Gasteiger partial charge in [-0.25, -0.2) is 4.79 Å². The lowest BCUT2D eigenvalue weighted by molar-refractivity contribution is -0.134. The van der Waals surface area contributed by atoms with Crippen molar-refractivity contribution in [3.8, 4) is 11.5 Å². The molecule has 0 radical (unpaired) electrons. The Bertz CT molecular complexity index is 880. The second-order valence-electron chi connectivity index (χ2n) is 6.71. The third kappa shape index (κ3) is 5.18. The van der Waals surface area contributed by atoms with E-state index in [2.05, 4.69) is 4.90 Å².